The Morgan fingerprint density at radius 2 is 1.24 bits per heavy atom. The first-order valence-electron chi connectivity index (χ1n) is 10.9. The maximum absolute atomic E-state index is 6.46. The summed E-state index contributed by atoms with van der Waals surface area (Å²) in [5, 5.41) is 0. The highest BCUT2D eigenvalue weighted by Crippen LogP contribution is 2.25. The van der Waals surface area contributed by atoms with Crippen LogP contribution in [0.25, 0.3) is 0 Å². The molecule has 1 heteroatoms. The van der Waals surface area contributed by atoms with Crippen LogP contribution in [-0.2, 0) is 6.42 Å². The van der Waals surface area contributed by atoms with Crippen molar-refractivity contribution in [1.29, 1.82) is 0 Å². The molecule has 0 aliphatic carbocycles. The van der Waals surface area contributed by atoms with Gasteiger partial charge in [0.15, 0.2) is 0 Å². The van der Waals surface area contributed by atoms with Crippen molar-refractivity contribution in [2.75, 3.05) is 0 Å². The van der Waals surface area contributed by atoms with E-state index in [1.54, 1.807) is 0 Å². The van der Waals surface area contributed by atoms with Gasteiger partial charge in [-0.2, -0.15) is 0 Å². The van der Waals surface area contributed by atoms with Crippen molar-refractivity contribution >= 4 is 0 Å². The lowest BCUT2D eigenvalue weighted by atomic mass is 9.80. The molecule has 1 aromatic carbocycles. The molecule has 0 radical (unpaired) electrons. The van der Waals surface area contributed by atoms with Gasteiger partial charge in [0.05, 0.1) is 0 Å². The molecule has 1 atom stereocenters. The zero-order chi connectivity index (χ0) is 18.4. The molecule has 1 unspecified atom stereocenters. The van der Waals surface area contributed by atoms with Crippen LogP contribution in [0.1, 0.15) is 103 Å². The van der Waals surface area contributed by atoms with Crippen LogP contribution >= 0.6 is 0 Å². The van der Waals surface area contributed by atoms with Crippen LogP contribution < -0.4 is 5.73 Å². The summed E-state index contributed by atoms with van der Waals surface area (Å²) in [6.07, 6.45) is 17.9. The van der Waals surface area contributed by atoms with E-state index < -0.39 is 0 Å². The predicted molar refractivity (Wildman–Crippen MR) is 113 cm³/mol. The van der Waals surface area contributed by atoms with Gasteiger partial charge in [-0.3, -0.25) is 0 Å². The SMILES string of the molecule is CCCCCCCCCCCCCC(Cc1ccccc1)C(C)(C)N. The Kier molecular flexibility index (Phi) is 11.9. The Bertz CT molecular complexity index is 404. The van der Waals surface area contributed by atoms with Gasteiger partial charge in [-0.1, -0.05) is 108 Å². The Morgan fingerprint density at radius 3 is 1.72 bits per heavy atom. The summed E-state index contributed by atoms with van der Waals surface area (Å²) < 4.78 is 0. The topological polar surface area (TPSA) is 26.0 Å². The third-order valence-corrected chi connectivity index (χ3v) is 5.53. The van der Waals surface area contributed by atoms with Crippen LogP contribution in [0.2, 0.25) is 0 Å². The number of hydrogen-bond donors (Lipinski definition) is 1. The maximum Gasteiger partial charge on any atom is 0.0129 e. The minimum atomic E-state index is -0.0890. The maximum atomic E-state index is 6.46. The Hall–Kier alpha value is -0.820. The molecule has 2 N–H and O–H groups in total. The van der Waals surface area contributed by atoms with Gasteiger partial charge in [0.25, 0.3) is 0 Å². The summed E-state index contributed by atoms with van der Waals surface area (Å²) >= 11 is 0. The third-order valence-electron chi connectivity index (χ3n) is 5.53. The molecule has 0 heterocycles. The fourth-order valence-corrected chi connectivity index (χ4v) is 3.69. The largest absolute Gasteiger partial charge is 0.325 e. The molecule has 0 amide bonds. The van der Waals surface area contributed by atoms with Crippen LogP contribution in [0.4, 0.5) is 0 Å². The molecule has 0 aliphatic rings. The molecular formula is C24H43N. The molecule has 0 bridgehead atoms. The second-order valence-corrected chi connectivity index (χ2v) is 8.53. The smallest absolute Gasteiger partial charge is 0.0129 e. The van der Waals surface area contributed by atoms with Crippen molar-refractivity contribution in [2.45, 2.75) is 110 Å². The van der Waals surface area contributed by atoms with Crippen molar-refractivity contribution in [1.82, 2.24) is 0 Å². The normalized spacial score (nSPS) is 13.1. The van der Waals surface area contributed by atoms with Gasteiger partial charge in [-0.25, -0.2) is 0 Å². The molecule has 144 valence electrons. The van der Waals surface area contributed by atoms with Crippen molar-refractivity contribution in [3.63, 3.8) is 0 Å². The molecule has 1 rings (SSSR count). The zero-order valence-electron chi connectivity index (χ0n) is 17.2. The van der Waals surface area contributed by atoms with E-state index in [1.807, 2.05) is 0 Å². The van der Waals surface area contributed by atoms with Gasteiger partial charge in [0.2, 0.25) is 0 Å². The molecule has 1 aromatic rings. The van der Waals surface area contributed by atoms with Crippen molar-refractivity contribution < 1.29 is 0 Å². The minimum absolute atomic E-state index is 0.0890. The molecule has 0 saturated heterocycles. The summed E-state index contributed by atoms with van der Waals surface area (Å²) in [7, 11) is 0. The molecule has 0 spiro atoms. The monoisotopic (exact) mass is 345 g/mol. The van der Waals surface area contributed by atoms with Crippen LogP contribution in [0.3, 0.4) is 0 Å². The van der Waals surface area contributed by atoms with Crippen LogP contribution in [-0.4, -0.2) is 5.54 Å². The van der Waals surface area contributed by atoms with Gasteiger partial charge in [0, 0.05) is 5.54 Å². The van der Waals surface area contributed by atoms with E-state index in [9.17, 15) is 0 Å². The number of unbranched alkanes of at least 4 members (excludes halogenated alkanes) is 10. The van der Waals surface area contributed by atoms with E-state index in [-0.39, 0.29) is 5.54 Å². The van der Waals surface area contributed by atoms with E-state index in [4.69, 9.17) is 5.73 Å². The average Bonchev–Trinajstić information content (AvgIpc) is 2.58. The van der Waals surface area contributed by atoms with E-state index >= 15 is 0 Å². The zero-order valence-corrected chi connectivity index (χ0v) is 17.2. The van der Waals surface area contributed by atoms with Crippen LogP contribution in [0, 0.1) is 5.92 Å². The first-order valence-corrected chi connectivity index (χ1v) is 10.9. The number of benzene rings is 1. The fraction of sp³-hybridized carbons (Fsp3) is 0.750. The highest BCUT2D eigenvalue weighted by Gasteiger charge is 2.24. The highest BCUT2D eigenvalue weighted by atomic mass is 14.7. The van der Waals surface area contributed by atoms with Gasteiger partial charge < -0.3 is 5.73 Å². The van der Waals surface area contributed by atoms with E-state index in [0.717, 1.165) is 6.42 Å². The second kappa shape index (κ2) is 13.4. The molecular weight excluding hydrogens is 302 g/mol. The predicted octanol–water partition coefficient (Wildman–Crippen LogP) is 7.28. The summed E-state index contributed by atoms with van der Waals surface area (Å²) in [5.74, 6) is 0.577. The average molecular weight is 346 g/mol. The standard InChI is InChI=1S/C24H43N/c1-4-5-6-7-8-9-10-11-12-13-17-20-23(24(2,3)25)21-22-18-15-14-16-19-22/h14-16,18-19,23H,4-13,17,20-21,25H2,1-3H3. The van der Waals surface area contributed by atoms with Gasteiger partial charge in [0.1, 0.15) is 0 Å². The first-order chi connectivity index (χ1) is 12.0. The summed E-state index contributed by atoms with van der Waals surface area (Å²) in [4.78, 5) is 0. The molecule has 0 aliphatic heterocycles. The summed E-state index contributed by atoms with van der Waals surface area (Å²) in [5.41, 5.74) is 7.79. The quantitative estimate of drug-likeness (QED) is 0.332. The Labute approximate surface area is 157 Å². The summed E-state index contributed by atoms with van der Waals surface area (Å²) in [6.45, 7) is 6.68. The number of nitrogens with two attached hydrogens (primary N) is 1. The van der Waals surface area contributed by atoms with Gasteiger partial charge >= 0.3 is 0 Å². The first kappa shape index (κ1) is 22.2. The van der Waals surface area contributed by atoms with Crippen molar-refractivity contribution in [3.05, 3.63) is 35.9 Å². The molecule has 0 aromatic heterocycles. The van der Waals surface area contributed by atoms with Crippen LogP contribution in [0.5, 0.6) is 0 Å². The van der Waals surface area contributed by atoms with Crippen molar-refractivity contribution in [3.8, 4) is 0 Å². The van der Waals surface area contributed by atoms with Gasteiger partial charge in [-0.15, -0.1) is 0 Å². The van der Waals surface area contributed by atoms with E-state index in [2.05, 4.69) is 51.1 Å². The lowest BCUT2D eigenvalue weighted by Gasteiger charge is -2.31. The van der Waals surface area contributed by atoms with E-state index in [0.29, 0.717) is 5.92 Å². The lowest BCUT2D eigenvalue weighted by Crippen LogP contribution is -2.42. The highest BCUT2D eigenvalue weighted by molar-refractivity contribution is 5.16. The summed E-state index contributed by atoms with van der Waals surface area (Å²) in [6, 6.07) is 10.8. The molecule has 0 fully saturated rings. The van der Waals surface area contributed by atoms with E-state index in [1.165, 1.54) is 82.6 Å². The van der Waals surface area contributed by atoms with Crippen LogP contribution in [0.15, 0.2) is 30.3 Å². The third kappa shape index (κ3) is 11.4. The number of hydrogen-bond acceptors (Lipinski definition) is 1. The minimum Gasteiger partial charge on any atom is -0.325 e. The van der Waals surface area contributed by atoms with Crippen molar-refractivity contribution in [2.24, 2.45) is 11.7 Å². The second-order valence-electron chi connectivity index (χ2n) is 8.53. The molecule has 1 nitrogen and oxygen atoms in total. The lowest BCUT2D eigenvalue weighted by molar-refractivity contribution is 0.290. The molecule has 0 saturated carbocycles. The number of rotatable bonds is 15. The fourth-order valence-electron chi connectivity index (χ4n) is 3.69. The Balaban J connectivity index is 2.11. The van der Waals surface area contributed by atoms with Gasteiger partial charge in [-0.05, 0) is 38.2 Å². The Morgan fingerprint density at radius 1 is 0.760 bits per heavy atom. The molecule has 25 heavy (non-hydrogen) atoms.